The lowest BCUT2D eigenvalue weighted by Crippen LogP contribution is -2.20. The molecular formula is C26H22Cl2N6O. The summed E-state index contributed by atoms with van der Waals surface area (Å²) in [5.74, 6) is 0.202. The lowest BCUT2D eigenvalue weighted by molar-refractivity contribution is -0.116. The average Bonchev–Trinajstić information content (AvgIpc) is 3.39. The average molecular weight is 505 g/mol. The number of hydrogen-bond donors (Lipinski definition) is 1. The van der Waals surface area contributed by atoms with Crippen LogP contribution in [-0.2, 0) is 17.9 Å². The molecule has 9 heteroatoms. The molecule has 0 aliphatic carbocycles. The molecule has 0 spiro atoms. The number of carbonyl (C=O) groups is 1. The number of pyridine rings is 1. The lowest BCUT2D eigenvalue weighted by Gasteiger charge is -2.07. The fraction of sp³-hybridized carbons (Fsp3) is 0.154. The molecule has 0 saturated carbocycles. The fourth-order valence-electron chi connectivity index (χ4n) is 4.10. The molecule has 1 N–H and O–H groups in total. The van der Waals surface area contributed by atoms with Crippen LogP contribution in [0.2, 0.25) is 10.0 Å². The van der Waals surface area contributed by atoms with Gasteiger partial charge in [-0.3, -0.25) is 9.48 Å². The Bertz CT molecular complexity index is 1560. The van der Waals surface area contributed by atoms with Crippen LogP contribution >= 0.6 is 23.2 Å². The highest BCUT2D eigenvalue weighted by Gasteiger charge is 2.16. The molecule has 0 aliphatic heterocycles. The third kappa shape index (κ3) is 4.92. The van der Waals surface area contributed by atoms with E-state index in [4.69, 9.17) is 23.2 Å². The number of amides is 1. The Hall–Kier alpha value is -3.68. The van der Waals surface area contributed by atoms with Crippen molar-refractivity contribution in [2.75, 3.05) is 5.32 Å². The summed E-state index contributed by atoms with van der Waals surface area (Å²) in [7, 11) is 0. The molecule has 35 heavy (non-hydrogen) atoms. The van der Waals surface area contributed by atoms with Crippen molar-refractivity contribution >= 4 is 46.0 Å². The maximum absolute atomic E-state index is 12.8. The van der Waals surface area contributed by atoms with Crippen LogP contribution in [0.4, 0.5) is 5.82 Å². The van der Waals surface area contributed by atoms with Gasteiger partial charge < -0.3 is 5.32 Å². The van der Waals surface area contributed by atoms with Gasteiger partial charge in [0.2, 0.25) is 5.91 Å². The molecule has 0 bridgehead atoms. The number of nitrogens with one attached hydrogen (secondary N) is 1. The predicted molar refractivity (Wildman–Crippen MR) is 139 cm³/mol. The van der Waals surface area contributed by atoms with Crippen molar-refractivity contribution in [3.8, 4) is 11.1 Å². The Balaban J connectivity index is 1.33. The van der Waals surface area contributed by atoms with Crippen molar-refractivity contribution in [2.45, 2.75) is 26.9 Å². The van der Waals surface area contributed by atoms with Crippen LogP contribution in [0.15, 0.2) is 67.0 Å². The Morgan fingerprint density at radius 1 is 1.03 bits per heavy atom. The number of carbonyl (C=O) groups excluding carboxylic acids is 1. The summed E-state index contributed by atoms with van der Waals surface area (Å²) in [5.41, 5.74) is 5.68. The summed E-state index contributed by atoms with van der Waals surface area (Å²) in [6, 6.07) is 17.3. The summed E-state index contributed by atoms with van der Waals surface area (Å²) >= 11 is 12.2. The van der Waals surface area contributed by atoms with E-state index in [1.54, 1.807) is 40.0 Å². The van der Waals surface area contributed by atoms with E-state index in [9.17, 15) is 4.79 Å². The number of aromatic nitrogens is 5. The molecule has 5 aromatic rings. The number of hydrogen-bond acceptors (Lipinski definition) is 4. The molecule has 0 saturated heterocycles. The first kappa shape index (κ1) is 23.1. The number of nitrogens with zero attached hydrogens (tertiary/aromatic N) is 5. The van der Waals surface area contributed by atoms with Gasteiger partial charge in [0.05, 0.1) is 12.2 Å². The Morgan fingerprint density at radius 2 is 1.89 bits per heavy atom. The van der Waals surface area contributed by atoms with Gasteiger partial charge in [0.15, 0.2) is 11.5 Å². The Morgan fingerprint density at radius 3 is 2.69 bits per heavy atom. The minimum Gasteiger partial charge on any atom is -0.308 e. The van der Waals surface area contributed by atoms with E-state index < -0.39 is 0 Å². The highest BCUT2D eigenvalue weighted by molar-refractivity contribution is 6.35. The zero-order valence-electron chi connectivity index (χ0n) is 19.2. The SMILES string of the molecule is Cc1cccc(-c2ccnc3c2c(C)nn3CC(=O)Nc2ccn(Cc3ccc(Cl)cc3Cl)n2)c1. The quantitative estimate of drug-likeness (QED) is 0.312. The van der Waals surface area contributed by atoms with E-state index in [0.29, 0.717) is 28.1 Å². The van der Waals surface area contributed by atoms with Gasteiger partial charge in [-0.25, -0.2) is 9.67 Å². The third-order valence-corrected chi connectivity index (χ3v) is 6.27. The van der Waals surface area contributed by atoms with Crippen LogP contribution in [0.5, 0.6) is 0 Å². The Labute approximate surface area is 212 Å². The van der Waals surface area contributed by atoms with E-state index in [1.165, 1.54) is 5.56 Å². The summed E-state index contributed by atoms with van der Waals surface area (Å²) < 4.78 is 3.33. The number of benzene rings is 2. The molecule has 0 fully saturated rings. The van der Waals surface area contributed by atoms with Gasteiger partial charge in [0.1, 0.15) is 6.54 Å². The van der Waals surface area contributed by atoms with Crippen molar-refractivity contribution in [2.24, 2.45) is 0 Å². The van der Waals surface area contributed by atoms with Crippen LogP contribution in [0.25, 0.3) is 22.2 Å². The second kappa shape index (κ2) is 9.52. The smallest absolute Gasteiger partial charge is 0.247 e. The minimum absolute atomic E-state index is 0.0183. The predicted octanol–water partition coefficient (Wildman–Crippen LogP) is 5.91. The van der Waals surface area contributed by atoms with Crippen LogP contribution < -0.4 is 5.32 Å². The molecule has 1 amide bonds. The van der Waals surface area contributed by atoms with Gasteiger partial charge in [0.25, 0.3) is 0 Å². The number of fused-ring (bicyclic) bond motifs is 1. The summed E-state index contributed by atoms with van der Waals surface area (Å²) in [5, 5.41) is 13.9. The molecule has 0 unspecified atom stereocenters. The molecule has 0 radical (unpaired) electrons. The summed E-state index contributed by atoms with van der Waals surface area (Å²) in [4.78, 5) is 17.3. The van der Waals surface area contributed by atoms with Gasteiger partial charge in [-0.2, -0.15) is 10.2 Å². The zero-order chi connectivity index (χ0) is 24.5. The molecule has 3 heterocycles. The van der Waals surface area contributed by atoms with Crippen LogP contribution in [0, 0.1) is 13.8 Å². The maximum Gasteiger partial charge on any atom is 0.247 e. The highest BCUT2D eigenvalue weighted by Crippen LogP contribution is 2.30. The molecule has 5 rings (SSSR count). The second-order valence-electron chi connectivity index (χ2n) is 8.35. The first-order valence-electron chi connectivity index (χ1n) is 11.0. The van der Waals surface area contributed by atoms with Crippen LogP contribution in [0.1, 0.15) is 16.8 Å². The van der Waals surface area contributed by atoms with Gasteiger partial charge in [-0.1, -0.05) is 59.1 Å². The molecule has 7 nitrogen and oxygen atoms in total. The molecular weight excluding hydrogens is 483 g/mol. The maximum atomic E-state index is 12.8. The standard InChI is InChI=1S/C26H22Cl2N6O/c1-16-4-3-5-18(12-16)21-8-10-29-26-25(21)17(2)31-34(26)15-24(35)30-23-9-11-33(32-23)14-19-6-7-20(27)13-22(19)28/h3-13H,14-15H2,1-2H3,(H,30,32,35). The molecule has 176 valence electrons. The van der Waals surface area contributed by atoms with Gasteiger partial charge in [-0.05, 0) is 48.7 Å². The fourth-order valence-corrected chi connectivity index (χ4v) is 4.57. The minimum atomic E-state index is -0.244. The normalized spacial score (nSPS) is 11.2. The first-order valence-corrected chi connectivity index (χ1v) is 11.8. The van der Waals surface area contributed by atoms with E-state index >= 15 is 0 Å². The lowest BCUT2D eigenvalue weighted by atomic mass is 10.0. The van der Waals surface area contributed by atoms with E-state index in [2.05, 4.69) is 45.6 Å². The van der Waals surface area contributed by atoms with Crippen molar-refractivity contribution in [3.63, 3.8) is 0 Å². The first-order chi connectivity index (χ1) is 16.9. The van der Waals surface area contributed by atoms with E-state index in [0.717, 1.165) is 27.8 Å². The number of rotatable bonds is 6. The number of anilines is 1. The third-order valence-electron chi connectivity index (χ3n) is 5.69. The summed E-state index contributed by atoms with van der Waals surface area (Å²) in [6.45, 7) is 4.47. The number of halogens is 2. The summed E-state index contributed by atoms with van der Waals surface area (Å²) in [6.07, 6.45) is 3.53. The van der Waals surface area contributed by atoms with Crippen LogP contribution in [0.3, 0.4) is 0 Å². The van der Waals surface area contributed by atoms with Crippen molar-refractivity contribution in [1.82, 2.24) is 24.5 Å². The van der Waals surface area contributed by atoms with Gasteiger partial charge >= 0.3 is 0 Å². The largest absolute Gasteiger partial charge is 0.308 e. The van der Waals surface area contributed by atoms with Crippen LogP contribution in [-0.4, -0.2) is 30.5 Å². The van der Waals surface area contributed by atoms with Gasteiger partial charge in [0, 0.05) is 33.9 Å². The van der Waals surface area contributed by atoms with Crippen molar-refractivity contribution in [3.05, 3.63) is 93.9 Å². The monoisotopic (exact) mass is 504 g/mol. The van der Waals surface area contributed by atoms with E-state index in [-0.39, 0.29) is 12.5 Å². The molecule has 3 aromatic heterocycles. The second-order valence-corrected chi connectivity index (χ2v) is 9.20. The Kier molecular flexibility index (Phi) is 6.28. The number of aryl methyl sites for hydroxylation is 2. The topological polar surface area (TPSA) is 77.6 Å². The van der Waals surface area contributed by atoms with E-state index in [1.807, 2.05) is 25.1 Å². The van der Waals surface area contributed by atoms with Crippen molar-refractivity contribution < 1.29 is 4.79 Å². The molecule has 0 aliphatic rings. The molecule has 2 aromatic carbocycles. The highest BCUT2D eigenvalue weighted by atomic mass is 35.5. The zero-order valence-corrected chi connectivity index (χ0v) is 20.7. The molecule has 0 atom stereocenters. The van der Waals surface area contributed by atoms with Crippen molar-refractivity contribution in [1.29, 1.82) is 0 Å². The van der Waals surface area contributed by atoms with Gasteiger partial charge in [-0.15, -0.1) is 0 Å².